The van der Waals surface area contributed by atoms with Crippen molar-refractivity contribution in [3.05, 3.63) is 64.4 Å². The van der Waals surface area contributed by atoms with Gasteiger partial charge in [0.25, 0.3) is 0 Å². The number of aliphatic hydroxyl groups is 1. The molecule has 26 heavy (non-hydrogen) atoms. The van der Waals surface area contributed by atoms with Gasteiger partial charge in [0, 0.05) is 10.4 Å². The number of hydrogen-bond donors (Lipinski definition) is 1. The zero-order chi connectivity index (χ0) is 17.9. The van der Waals surface area contributed by atoms with E-state index < -0.39 is 6.10 Å². The molecule has 1 N–H and O–H groups in total. The molecule has 2 heterocycles. The molecule has 132 valence electrons. The van der Waals surface area contributed by atoms with E-state index in [9.17, 15) is 5.11 Å². The Morgan fingerprint density at radius 2 is 1.96 bits per heavy atom. The van der Waals surface area contributed by atoms with Gasteiger partial charge in [0.1, 0.15) is 24.2 Å². The van der Waals surface area contributed by atoms with Crippen molar-refractivity contribution in [3.8, 4) is 17.3 Å². The van der Waals surface area contributed by atoms with Crippen molar-refractivity contribution in [2.75, 3.05) is 6.61 Å². The van der Waals surface area contributed by atoms with E-state index in [1.165, 1.54) is 11.3 Å². The smallest absolute Gasteiger partial charge is 0.160 e. The van der Waals surface area contributed by atoms with Crippen LogP contribution in [0, 0.1) is 0 Å². The highest BCUT2D eigenvalue weighted by molar-refractivity contribution is 7.07. The van der Waals surface area contributed by atoms with E-state index in [0.717, 1.165) is 22.6 Å². The van der Waals surface area contributed by atoms with Crippen molar-refractivity contribution in [1.82, 2.24) is 14.5 Å². The quantitative estimate of drug-likeness (QED) is 0.539. The standard InChI is InChI=1S/C19H16ClN3O2S/c20-13-5-7-15(8-6-13)25-10-14(24)9-23-18-4-2-1-3-16(18)22-19(23)17-11-26-12-21-17/h1-8,11-12,14,24H,9-10H2/t14-/m1/s1. The van der Waals surface area contributed by atoms with E-state index in [1.54, 1.807) is 29.8 Å². The van der Waals surface area contributed by atoms with Crippen molar-refractivity contribution in [2.24, 2.45) is 0 Å². The summed E-state index contributed by atoms with van der Waals surface area (Å²) in [5, 5.41) is 13.1. The predicted molar refractivity (Wildman–Crippen MR) is 104 cm³/mol. The molecular weight excluding hydrogens is 370 g/mol. The number of thiazole rings is 1. The van der Waals surface area contributed by atoms with Gasteiger partial charge >= 0.3 is 0 Å². The minimum atomic E-state index is -0.694. The van der Waals surface area contributed by atoms with E-state index >= 15 is 0 Å². The molecule has 0 saturated heterocycles. The fourth-order valence-corrected chi connectivity index (χ4v) is 3.42. The van der Waals surface area contributed by atoms with Gasteiger partial charge in [0.15, 0.2) is 5.82 Å². The summed E-state index contributed by atoms with van der Waals surface area (Å²) in [6.07, 6.45) is -0.694. The fourth-order valence-electron chi connectivity index (χ4n) is 2.77. The molecule has 0 aliphatic heterocycles. The first kappa shape index (κ1) is 17.0. The Morgan fingerprint density at radius 3 is 2.73 bits per heavy atom. The third kappa shape index (κ3) is 3.58. The van der Waals surface area contributed by atoms with E-state index in [2.05, 4.69) is 9.97 Å². The third-order valence-corrected chi connectivity index (χ3v) is 4.80. The lowest BCUT2D eigenvalue weighted by atomic mass is 10.3. The molecule has 0 bridgehead atoms. The normalized spacial score (nSPS) is 12.4. The number of hydrogen-bond acceptors (Lipinski definition) is 5. The Bertz CT molecular complexity index is 999. The van der Waals surface area contributed by atoms with Crippen LogP contribution in [0.5, 0.6) is 5.75 Å². The summed E-state index contributed by atoms with van der Waals surface area (Å²) in [7, 11) is 0. The maximum Gasteiger partial charge on any atom is 0.160 e. The minimum absolute atomic E-state index is 0.171. The number of halogens is 1. The zero-order valence-corrected chi connectivity index (χ0v) is 15.3. The summed E-state index contributed by atoms with van der Waals surface area (Å²) >= 11 is 7.39. The zero-order valence-electron chi connectivity index (χ0n) is 13.7. The highest BCUT2D eigenvalue weighted by Crippen LogP contribution is 2.25. The van der Waals surface area contributed by atoms with Crippen LogP contribution in [0.1, 0.15) is 0 Å². The highest BCUT2D eigenvalue weighted by Gasteiger charge is 2.17. The summed E-state index contributed by atoms with van der Waals surface area (Å²) in [5.41, 5.74) is 4.42. The molecule has 0 saturated carbocycles. The van der Waals surface area contributed by atoms with Gasteiger partial charge in [-0.2, -0.15) is 0 Å². The molecule has 0 aliphatic rings. The molecule has 7 heteroatoms. The molecule has 5 nitrogen and oxygen atoms in total. The van der Waals surface area contributed by atoms with Crippen LogP contribution in [0.2, 0.25) is 5.02 Å². The Kier molecular flexibility index (Phi) is 4.88. The number of ether oxygens (including phenoxy) is 1. The molecular formula is C19H16ClN3O2S. The summed E-state index contributed by atoms with van der Waals surface area (Å²) in [6.45, 7) is 0.533. The average Bonchev–Trinajstić information content (AvgIpc) is 3.30. The molecule has 0 amide bonds. The molecule has 2 aromatic carbocycles. The van der Waals surface area contributed by atoms with Gasteiger partial charge in [0.05, 0.1) is 23.1 Å². The second-order valence-electron chi connectivity index (χ2n) is 5.83. The lowest BCUT2D eigenvalue weighted by molar-refractivity contribution is 0.0938. The monoisotopic (exact) mass is 385 g/mol. The van der Waals surface area contributed by atoms with Crippen LogP contribution in [0.4, 0.5) is 0 Å². The Labute approximate surface area is 159 Å². The van der Waals surface area contributed by atoms with Crippen molar-refractivity contribution < 1.29 is 9.84 Å². The molecule has 0 fully saturated rings. The maximum atomic E-state index is 10.5. The van der Waals surface area contributed by atoms with Crippen LogP contribution >= 0.6 is 22.9 Å². The van der Waals surface area contributed by atoms with Gasteiger partial charge in [-0.05, 0) is 36.4 Å². The summed E-state index contributed by atoms with van der Waals surface area (Å²) in [5.74, 6) is 1.42. The average molecular weight is 386 g/mol. The molecule has 0 spiro atoms. The van der Waals surface area contributed by atoms with Crippen molar-refractivity contribution >= 4 is 34.0 Å². The van der Waals surface area contributed by atoms with Crippen LogP contribution in [-0.2, 0) is 6.54 Å². The minimum Gasteiger partial charge on any atom is -0.491 e. The lowest BCUT2D eigenvalue weighted by Gasteiger charge is -2.15. The molecule has 0 unspecified atom stereocenters. The topological polar surface area (TPSA) is 60.2 Å². The van der Waals surface area contributed by atoms with Gasteiger partial charge < -0.3 is 14.4 Å². The van der Waals surface area contributed by atoms with E-state index in [-0.39, 0.29) is 6.61 Å². The number of nitrogens with zero attached hydrogens (tertiary/aromatic N) is 3. The first-order valence-corrected chi connectivity index (χ1v) is 9.43. The molecule has 4 aromatic rings. The molecule has 1 atom stereocenters. The van der Waals surface area contributed by atoms with Crippen LogP contribution in [0.25, 0.3) is 22.6 Å². The maximum absolute atomic E-state index is 10.5. The van der Waals surface area contributed by atoms with Gasteiger partial charge in [0.2, 0.25) is 0 Å². The lowest BCUT2D eigenvalue weighted by Crippen LogP contribution is -2.24. The summed E-state index contributed by atoms with van der Waals surface area (Å²) in [4.78, 5) is 9.04. The number of imidazole rings is 1. The second kappa shape index (κ2) is 7.45. The van der Waals surface area contributed by atoms with Crippen LogP contribution < -0.4 is 4.74 Å². The molecule has 0 radical (unpaired) electrons. The number of rotatable bonds is 6. The number of aromatic nitrogens is 3. The summed E-state index contributed by atoms with van der Waals surface area (Å²) < 4.78 is 7.64. The van der Waals surface area contributed by atoms with Gasteiger partial charge in [-0.15, -0.1) is 11.3 Å². The molecule has 0 aliphatic carbocycles. The molecule has 2 aromatic heterocycles. The van der Waals surface area contributed by atoms with Crippen LogP contribution in [0.15, 0.2) is 59.4 Å². The number of aliphatic hydroxyl groups excluding tert-OH is 1. The first-order chi connectivity index (χ1) is 12.7. The van der Waals surface area contributed by atoms with Gasteiger partial charge in [-0.1, -0.05) is 23.7 Å². The number of fused-ring (bicyclic) bond motifs is 1. The number of benzene rings is 2. The highest BCUT2D eigenvalue weighted by atomic mass is 35.5. The third-order valence-electron chi connectivity index (χ3n) is 3.97. The Balaban J connectivity index is 1.56. The Hall–Kier alpha value is -2.41. The first-order valence-electron chi connectivity index (χ1n) is 8.11. The second-order valence-corrected chi connectivity index (χ2v) is 6.98. The van der Waals surface area contributed by atoms with Gasteiger partial charge in [-0.3, -0.25) is 0 Å². The van der Waals surface area contributed by atoms with E-state index in [0.29, 0.717) is 17.3 Å². The largest absolute Gasteiger partial charge is 0.491 e. The molecule has 4 rings (SSSR count). The summed E-state index contributed by atoms with van der Waals surface area (Å²) in [6, 6.07) is 14.9. The van der Waals surface area contributed by atoms with Crippen LogP contribution in [0.3, 0.4) is 0 Å². The van der Waals surface area contributed by atoms with E-state index in [1.807, 2.05) is 34.2 Å². The fraction of sp³-hybridized carbons (Fsp3) is 0.158. The predicted octanol–water partition coefficient (Wildman–Crippen LogP) is 4.25. The van der Waals surface area contributed by atoms with E-state index in [4.69, 9.17) is 16.3 Å². The van der Waals surface area contributed by atoms with Crippen molar-refractivity contribution in [1.29, 1.82) is 0 Å². The van der Waals surface area contributed by atoms with Gasteiger partial charge in [-0.25, -0.2) is 9.97 Å². The number of para-hydroxylation sites is 2. The Morgan fingerprint density at radius 1 is 1.15 bits per heavy atom. The van der Waals surface area contributed by atoms with Crippen LogP contribution in [-0.4, -0.2) is 32.4 Å². The van der Waals surface area contributed by atoms with Crippen molar-refractivity contribution in [2.45, 2.75) is 12.6 Å². The SMILES string of the molecule is O[C@@H](COc1ccc(Cl)cc1)Cn1c(-c2cscn2)nc2ccccc21. The van der Waals surface area contributed by atoms with Crippen molar-refractivity contribution in [3.63, 3.8) is 0 Å².